The SMILES string of the molecule is COCc1ccc(-c2ccc(C#N)cc2C)cc1. The van der Waals surface area contributed by atoms with Crippen molar-refractivity contribution in [3.05, 3.63) is 59.2 Å². The first-order valence-electron chi connectivity index (χ1n) is 5.83. The largest absolute Gasteiger partial charge is 0.380 e. The zero-order valence-electron chi connectivity index (χ0n) is 10.6. The van der Waals surface area contributed by atoms with Crippen molar-refractivity contribution >= 4 is 0 Å². The molecule has 0 fully saturated rings. The Labute approximate surface area is 107 Å². The van der Waals surface area contributed by atoms with E-state index in [1.807, 2.05) is 25.1 Å². The molecule has 2 nitrogen and oxygen atoms in total. The minimum absolute atomic E-state index is 0.632. The monoisotopic (exact) mass is 237 g/mol. The van der Waals surface area contributed by atoms with E-state index < -0.39 is 0 Å². The molecule has 0 unspecified atom stereocenters. The predicted octanol–water partition coefficient (Wildman–Crippen LogP) is 3.68. The fourth-order valence-electron chi connectivity index (χ4n) is 2.00. The summed E-state index contributed by atoms with van der Waals surface area (Å²) in [5.74, 6) is 0. The van der Waals surface area contributed by atoms with Crippen molar-refractivity contribution in [3.8, 4) is 17.2 Å². The molecule has 18 heavy (non-hydrogen) atoms. The Morgan fingerprint density at radius 1 is 1.11 bits per heavy atom. The molecule has 0 aliphatic carbocycles. The van der Waals surface area contributed by atoms with Crippen LogP contribution in [0.4, 0.5) is 0 Å². The molecule has 0 atom stereocenters. The lowest BCUT2D eigenvalue weighted by molar-refractivity contribution is 0.185. The Balaban J connectivity index is 2.34. The van der Waals surface area contributed by atoms with Crippen molar-refractivity contribution in [2.45, 2.75) is 13.5 Å². The molecule has 0 saturated carbocycles. The molecule has 2 heteroatoms. The van der Waals surface area contributed by atoms with Crippen molar-refractivity contribution in [1.82, 2.24) is 0 Å². The molecule has 0 aliphatic heterocycles. The van der Waals surface area contributed by atoms with Gasteiger partial charge in [0.2, 0.25) is 0 Å². The number of ether oxygens (including phenoxy) is 1. The van der Waals surface area contributed by atoms with Crippen molar-refractivity contribution in [2.24, 2.45) is 0 Å². The molecule has 2 aromatic carbocycles. The number of aryl methyl sites for hydroxylation is 1. The highest BCUT2D eigenvalue weighted by molar-refractivity contribution is 5.68. The number of hydrogen-bond donors (Lipinski definition) is 0. The number of nitrogens with zero attached hydrogens (tertiary/aromatic N) is 1. The van der Waals surface area contributed by atoms with Gasteiger partial charge in [-0.25, -0.2) is 0 Å². The van der Waals surface area contributed by atoms with Crippen LogP contribution < -0.4 is 0 Å². The average molecular weight is 237 g/mol. The van der Waals surface area contributed by atoms with Crippen LogP contribution in [0.2, 0.25) is 0 Å². The van der Waals surface area contributed by atoms with Crippen LogP contribution in [0.25, 0.3) is 11.1 Å². The average Bonchev–Trinajstić information content (AvgIpc) is 2.40. The first-order valence-corrected chi connectivity index (χ1v) is 5.83. The van der Waals surface area contributed by atoms with Crippen LogP contribution in [-0.2, 0) is 11.3 Å². The number of benzene rings is 2. The van der Waals surface area contributed by atoms with Gasteiger partial charge in [0.1, 0.15) is 0 Å². The molecule has 0 saturated heterocycles. The van der Waals surface area contributed by atoms with Gasteiger partial charge in [0, 0.05) is 7.11 Å². The minimum Gasteiger partial charge on any atom is -0.380 e. The summed E-state index contributed by atoms with van der Waals surface area (Å²) in [6.45, 7) is 2.66. The second-order valence-corrected chi connectivity index (χ2v) is 4.27. The van der Waals surface area contributed by atoms with Crippen LogP contribution in [0.5, 0.6) is 0 Å². The normalized spacial score (nSPS) is 10.1. The highest BCUT2D eigenvalue weighted by atomic mass is 16.5. The fraction of sp³-hybridized carbons (Fsp3) is 0.188. The maximum Gasteiger partial charge on any atom is 0.0991 e. The van der Waals surface area contributed by atoms with Crippen molar-refractivity contribution in [3.63, 3.8) is 0 Å². The van der Waals surface area contributed by atoms with E-state index >= 15 is 0 Å². The number of methoxy groups -OCH3 is 1. The fourth-order valence-corrected chi connectivity index (χ4v) is 2.00. The van der Waals surface area contributed by atoms with E-state index in [0.717, 1.165) is 22.3 Å². The second kappa shape index (κ2) is 5.48. The van der Waals surface area contributed by atoms with E-state index in [-0.39, 0.29) is 0 Å². The Morgan fingerprint density at radius 3 is 2.39 bits per heavy atom. The third-order valence-corrected chi connectivity index (χ3v) is 2.93. The molecule has 0 aromatic heterocycles. The molecule has 0 radical (unpaired) electrons. The van der Waals surface area contributed by atoms with E-state index in [1.54, 1.807) is 7.11 Å². The quantitative estimate of drug-likeness (QED) is 0.815. The van der Waals surface area contributed by atoms with Gasteiger partial charge in [-0.3, -0.25) is 0 Å². The topological polar surface area (TPSA) is 33.0 Å². The summed E-state index contributed by atoms with van der Waals surface area (Å²) in [7, 11) is 1.69. The smallest absolute Gasteiger partial charge is 0.0991 e. The zero-order chi connectivity index (χ0) is 13.0. The van der Waals surface area contributed by atoms with Crippen molar-refractivity contribution < 1.29 is 4.74 Å². The Hall–Kier alpha value is -2.11. The van der Waals surface area contributed by atoms with Crippen LogP contribution in [-0.4, -0.2) is 7.11 Å². The van der Waals surface area contributed by atoms with E-state index in [9.17, 15) is 0 Å². The van der Waals surface area contributed by atoms with Gasteiger partial charge in [-0.05, 0) is 41.3 Å². The van der Waals surface area contributed by atoms with E-state index in [1.165, 1.54) is 0 Å². The third kappa shape index (κ3) is 2.58. The van der Waals surface area contributed by atoms with Gasteiger partial charge in [0.15, 0.2) is 0 Å². The summed E-state index contributed by atoms with van der Waals surface area (Å²) in [6.07, 6.45) is 0. The highest BCUT2D eigenvalue weighted by Crippen LogP contribution is 2.24. The Bertz CT molecular complexity index is 579. The Kier molecular flexibility index (Phi) is 3.76. The van der Waals surface area contributed by atoms with E-state index in [0.29, 0.717) is 12.2 Å². The van der Waals surface area contributed by atoms with Gasteiger partial charge >= 0.3 is 0 Å². The van der Waals surface area contributed by atoms with Gasteiger partial charge < -0.3 is 4.74 Å². The number of hydrogen-bond acceptors (Lipinski definition) is 2. The van der Waals surface area contributed by atoms with Crippen LogP contribution in [0.15, 0.2) is 42.5 Å². The first kappa shape index (κ1) is 12.3. The number of rotatable bonds is 3. The summed E-state index contributed by atoms with van der Waals surface area (Å²) in [6, 6.07) is 16.2. The van der Waals surface area contributed by atoms with E-state index in [2.05, 4.69) is 30.3 Å². The van der Waals surface area contributed by atoms with Gasteiger partial charge in [-0.15, -0.1) is 0 Å². The van der Waals surface area contributed by atoms with Crippen LogP contribution in [0.1, 0.15) is 16.7 Å². The maximum absolute atomic E-state index is 8.86. The van der Waals surface area contributed by atoms with Crippen LogP contribution in [0, 0.1) is 18.3 Å². The summed E-state index contributed by atoms with van der Waals surface area (Å²) >= 11 is 0. The van der Waals surface area contributed by atoms with Crippen molar-refractivity contribution in [1.29, 1.82) is 5.26 Å². The van der Waals surface area contributed by atoms with Crippen LogP contribution in [0.3, 0.4) is 0 Å². The zero-order valence-corrected chi connectivity index (χ0v) is 10.6. The summed E-state index contributed by atoms with van der Waals surface area (Å²) in [5.41, 5.74) is 5.31. The molecular weight excluding hydrogens is 222 g/mol. The summed E-state index contributed by atoms with van der Waals surface area (Å²) in [4.78, 5) is 0. The van der Waals surface area contributed by atoms with Gasteiger partial charge in [0.25, 0.3) is 0 Å². The Morgan fingerprint density at radius 2 is 1.83 bits per heavy atom. The highest BCUT2D eigenvalue weighted by Gasteiger charge is 2.03. The molecular formula is C16H15NO. The van der Waals surface area contributed by atoms with Gasteiger partial charge in [-0.2, -0.15) is 5.26 Å². The van der Waals surface area contributed by atoms with Gasteiger partial charge in [0.05, 0.1) is 18.2 Å². The first-order chi connectivity index (χ1) is 8.74. The third-order valence-electron chi connectivity index (χ3n) is 2.93. The lowest BCUT2D eigenvalue weighted by atomic mass is 9.98. The second-order valence-electron chi connectivity index (χ2n) is 4.27. The molecule has 2 rings (SSSR count). The molecule has 2 aromatic rings. The molecule has 0 N–H and O–H groups in total. The molecule has 0 aliphatic rings. The lowest BCUT2D eigenvalue weighted by Crippen LogP contribution is -1.89. The van der Waals surface area contributed by atoms with E-state index in [4.69, 9.17) is 10.00 Å². The lowest BCUT2D eigenvalue weighted by Gasteiger charge is -2.07. The standard InChI is InChI=1S/C16H15NO/c1-12-9-14(10-17)5-8-16(12)15-6-3-13(4-7-15)11-18-2/h3-9H,11H2,1-2H3. The molecule has 90 valence electrons. The molecule has 0 heterocycles. The maximum atomic E-state index is 8.86. The predicted molar refractivity (Wildman–Crippen MR) is 72.0 cm³/mol. The summed E-state index contributed by atoms with van der Waals surface area (Å²) < 4.78 is 5.09. The van der Waals surface area contributed by atoms with Crippen molar-refractivity contribution in [2.75, 3.05) is 7.11 Å². The van der Waals surface area contributed by atoms with Crippen LogP contribution >= 0.6 is 0 Å². The summed E-state index contributed by atoms with van der Waals surface area (Å²) in [5, 5.41) is 8.86. The minimum atomic E-state index is 0.632. The van der Waals surface area contributed by atoms with Gasteiger partial charge in [-0.1, -0.05) is 30.3 Å². The molecule has 0 bridgehead atoms. The number of nitriles is 1. The molecule has 0 amide bonds. The molecule has 0 spiro atoms.